The Kier molecular flexibility index (Phi) is 6.14. The van der Waals surface area contributed by atoms with Crippen LogP contribution in [0.3, 0.4) is 0 Å². The van der Waals surface area contributed by atoms with Crippen molar-refractivity contribution in [3.63, 3.8) is 0 Å². The number of likely N-dealkylation sites (tertiary alicyclic amines) is 1. The first kappa shape index (κ1) is 17.7. The van der Waals surface area contributed by atoms with Gasteiger partial charge in [-0.2, -0.15) is 0 Å². The maximum absolute atomic E-state index is 4.90. The zero-order valence-corrected chi connectivity index (χ0v) is 16.1. The zero-order valence-electron chi connectivity index (χ0n) is 15.3. The molecule has 0 amide bonds. The molecule has 2 aliphatic rings. The van der Waals surface area contributed by atoms with Crippen LogP contribution in [0, 0.1) is 5.41 Å². The highest BCUT2D eigenvalue weighted by Gasteiger charge is 2.39. The number of thiazole rings is 1. The molecule has 134 valence electrons. The van der Waals surface area contributed by atoms with Gasteiger partial charge in [-0.05, 0) is 38.0 Å². The van der Waals surface area contributed by atoms with E-state index < -0.39 is 0 Å². The van der Waals surface area contributed by atoms with Crippen LogP contribution in [0.15, 0.2) is 11.2 Å². The molecule has 1 saturated carbocycles. The van der Waals surface area contributed by atoms with Crippen LogP contribution in [0.1, 0.15) is 62.3 Å². The van der Waals surface area contributed by atoms with Crippen LogP contribution < -0.4 is 5.32 Å². The normalized spacial score (nSPS) is 20.8. The Morgan fingerprint density at radius 3 is 2.83 bits per heavy atom. The molecule has 0 radical (unpaired) electrons. The molecule has 1 spiro atoms. The molecular formula is C19H32N4S. The van der Waals surface area contributed by atoms with Gasteiger partial charge >= 0.3 is 0 Å². The van der Waals surface area contributed by atoms with Gasteiger partial charge in [0, 0.05) is 43.7 Å². The number of guanidine groups is 1. The smallest absolute Gasteiger partial charge is 0.193 e. The molecule has 1 N–H and O–H groups in total. The molecule has 2 fully saturated rings. The summed E-state index contributed by atoms with van der Waals surface area (Å²) in [6.45, 7) is 8.50. The molecule has 1 aromatic heterocycles. The standard InChI is InChI=1S/C19H32N4S/c1-3-16-14-22-17(24-16)8-12-21-18(20-4-2)23-13-11-19(15-23)9-6-5-7-10-19/h14H,3-13,15H2,1-2H3,(H,20,21). The summed E-state index contributed by atoms with van der Waals surface area (Å²) in [6.07, 6.45) is 12.5. The minimum atomic E-state index is 0.583. The number of aryl methyl sites for hydroxylation is 1. The number of hydrogen-bond acceptors (Lipinski definition) is 3. The van der Waals surface area contributed by atoms with E-state index in [1.807, 2.05) is 17.5 Å². The van der Waals surface area contributed by atoms with Crippen molar-refractivity contribution in [2.75, 3.05) is 26.2 Å². The first-order valence-corrected chi connectivity index (χ1v) is 10.5. The Morgan fingerprint density at radius 1 is 1.29 bits per heavy atom. The summed E-state index contributed by atoms with van der Waals surface area (Å²) >= 11 is 1.83. The fraction of sp³-hybridized carbons (Fsp3) is 0.789. The number of hydrogen-bond donors (Lipinski definition) is 1. The molecule has 0 atom stereocenters. The largest absolute Gasteiger partial charge is 0.357 e. The van der Waals surface area contributed by atoms with Gasteiger partial charge in [-0.25, -0.2) is 4.98 Å². The van der Waals surface area contributed by atoms with Gasteiger partial charge in [0.1, 0.15) is 0 Å². The van der Waals surface area contributed by atoms with Gasteiger partial charge in [0.15, 0.2) is 5.96 Å². The van der Waals surface area contributed by atoms with E-state index in [0.29, 0.717) is 5.41 Å². The first-order valence-electron chi connectivity index (χ1n) is 9.71. The molecule has 1 aliphatic heterocycles. The molecule has 1 saturated heterocycles. The third-order valence-electron chi connectivity index (χ3n) is 5.52. The molecule has 2 heterocycles. The Hall–Kier alpha value is -1.10. The minimum absolute atomic E-state index is 0.583. The summed E-state index contributed by atoms with van der Waals surface area (Å²) in [5.74, 6) is 1.12. The number of nitrogens with one attached hydrogen (secondary N) is 1. The Morgan fingerprint density at radius 2 is 2.12 bits per heavy atom. The number of nitrogens with zero attached hydrogens (tertiary/aromatic N) is 3. The van der Waals surface area contributed by atoms with E-state index in [1.165, 1.54) is 61.5 Å². The van der Waals surface area contributed by atoms with Crippen molar-refractivity contribution < 1.29 is 0 Å². The monoisotopic (exact) mass is 348 g/mol. The second-order valence-electron chi connectivity index (χ2n) is 7.29. The van der Waals surface area contributed by atoms with Gasteiger partial charge in [0.2, 0.25) is 0 Å². The molecule has 0 unspecified atom stereocenters. The van der Waals surface area contributed by atoms with E-state index in [0.717, 1.165) is 31.9 Å². The number of rotatable bonds is 5. The van der Waals surface area contributed by atoms with Crippen LogP contribution in [-0.2, 0) is 12.8 Å². The van der Waals surface area contributed by atoms with Crippen LogP contribution in [-0.4, -0.2) is 42.0 Å². The average Bonchev–Trinajstić information content (AvgIpc) is 3.22. The summed E-state index contributed by atoms with van der Waals surface area (Å²) in [7, 11) is 0. The number of aliphatic imine (C=N–C) groups is 1. The van der Waals surface area contributed by atoms with E-state index in [4.69, 9.17) is 4.99 Å². The third-order valence-corrected chi connectivity index (χ3v) is 6.73. The average molecular weight is 349 g/mol. The van der Waals surface area contributed by atoms with Crippen molar-refractivity contribution >= 4 is 17.3 Å². The Balaban J connectivity index is 1.57. The molecule has 0 bridgehead atoms. The molecule has 5 heteroatoms. The van der Waals surface area contributed by atoms with Gasteiger partial charge in [-0.1, -0.05) is 26.2 Å². The Bertz CT molecular complexity index is 545. The van der Waals surface area contributed by atoms with E-state index >= 15 is 0 Å². The maximum atomic E-state index is 4.90. The second-order valence-corrected chi connectivity index (χ2v) is 8.49. The lowest BCUT2D eigenvalue weighted by molar-refractivity contribution is 0.203. The summed E-state index contributed by atoms with van der Waals surface area (Å²) in [5, 5.41) is 4.73. The summed E-state index contributed by atoms with van der Waals surface area (Å²) in [5.41, 5.74) is 0.583. The van der Waals surface area contributed by atoms with E-state index in [-0.39, 0.29) is 0 Å². The fourth-order valence-corrected chi connectivity index (χ4v) is 4.99. The van der Waals surface area contributed by atoms with Gasteiger partial charge in [-0.15, -0.1) is 11.3 Å². The van der Waals surface area contributed by atoms with Crippen LogP contribution in [0.25, 0.3) is 0 Å². The minimum Gasteiger partial charge on any atom is -0.357 e. The number of aromatic nitrogens is 1. The lowest BCUT2D eigenvalue weighted by atomic mass is 9.73. The van der Waals surface area contributed by atoms with Crippen molar-refractivity contribution in [3.05, 3.63) is 16.1 Å². The van der Waals surface area contributed by atoms with Crippen molar-refractivity contribution in [2.45, 2.75) is 65.2 Å². The molecular weight excluding hydrogens is 316 g/mol. The molecule has 3 rings (SSSR count). The topological polar surface area (TPSA) is 40.5 Å². The van der Waals surface area contributed by atoms with E-state index in [9.17, 15) is 0 Å². The van der Waals surface area contributed by atoms with Crippen molar-refractivity contribution in [2.24, 2.45) is 10.4 Å². The predicted molar refractivity (Wildman–Crippen MR) is 103 cm³/mol. The van der Waals surface area contributed by atoms with Crippen molar-refractivity contribution in [3.8, 4) is 0 Å². The quantitative estimate of drug-likeness (QED) is 0.649. The first-order chi connectivity index (χ1) is 11.7. The molecule has 1 aromatic rings. The summed E-state index contributed by atoms with van der Waals surface area (Å²) in [6, 6.07) is 0. The highest BCUT2D eigenvalue weighted by Crippen LogP contribution is 2.43. The van der Waals surface area contributed by atoms with Crippen molar-refractivity contribution in [1.29, 1.82) is 0 Å². The van der Waals surface area contributed by atoms with E-state index in [1.54, 1.807) is 0 Å². The Labute approximate surface area is 150 Å². The lowest BCUT2D eigenvalue weighted by Crippen LogP contribution is -2.41. The van der Waals surface area contributed by atoms with E-state index in [2.05, 4.69) is 29.0 Å². The molecule has 0 aromatic carbocycles. The molecule has 4 nitrogen and oxygen atoms in total. The van der Waals surface area contributed by atoms with Crippen LogP contribution >= 0.6 is 11.3 Å². The van der Waals surface area contributed by atoms with Crippen LogP contribution in [0.5, 0.6) is 0 Å². The zero-order chi connectivity index (χ0) is 16.8. The van der Waals surface area contributed by atoms with Gasteiger partial charge in [0.05, 0.1) is 5.01 Å². The highest BCUT2D eigenvalue weighted by molar-refractivity contribution is 7.11. The fourth-order valence-electron chi connectivity index (χ4n) is 4.14. The third kappa shape index (κ3) is 4.29. The molecule has 1 aliphatic carbocycles. The predicted octanol–water partition coefficient (Wildman–Crippen LogP) is 3.87. The summed E-state index contributed by atoms with van der Waals surface area (Å²) in [4.78, 5) is 13.3. The lowest BCUT2D eigenvalue weighted by Gasteiger charge is -2.33. The van der Waals surface area contributed by atoms with Gasteiger partial charge < -0.3 is 10.2 Å². The van der Waals surface area contributed by atoms with Gasteiger partial charge in [-0.3, -0.25) is 4.99 Å². The SMILES string of the molecule is CCNC(=NCCc1ncc(CC)s1)N1CCC2(CCCCC2)C1. The van der Waals surface area contributed by atoms with Crippen LogP contribution in [0.2, 0.25) is 0 Å². The molecule has 24 heavy (non-hydrogen) atoms. The maximum Gasteiger partial charge on any atom is 0.193 e. The second kappa shape index (κ2) is 8.32. The van der Waals surface area contributed by atoms with Gasteiger partial charge in [0.25, 0.3) is 0 Å². The van der Waals surface area contributed by atoms with Crippen molar-refractivity contribution in [1.82, 2.24) is 15.2 Å². The highest BCUT2D eigenvalue weighted by atomic mass is 32.1. The van der Waals surface area contributed by atoms with Crippen LogP contribution in [0.4, 0.5) is 0 Å². The summed E-state index contributed by atoms with van der Waals surface area (Å²) < 4.78 is 0.